The number of aliphatic imine (C=N–C) groups is 1. The second-order valence-electron chi connectivity index (χ2n) is 4.93. The third-order valence-corrected chi connectivity index (χ3v) is 3.64. The minimum atomic E-state index is -0.372. The van der Waals surface area contributed by atoms with Crippen molar-refractivity contribution in [3.8, 4) is 0 Å². The molecule has 0 radical (unpaired) electrons. The molecular formula is C15H20N4O. The minimum Gasteiger partial charge on any atom is -0.370 e. The fourth-order valence-electron chi connectivity index (χ4n) is 2.80. The quantitative estimate of drug-likeness (QED) is 0.614. The van der Waals surface area contributed by atoms with E-state index in [-0.39, 0.29) is 19.3 Å². The Balaban J connectivity index is 0.00000147. The number of hydrogen-bond acceptors (Lipinski definition) is 1. The van der Waals surface area contributed by atoms with E-state index in [1.165, 1.54) is 5.56 Å². The summed E-state index contributed by atoms with van der Waals surface area (Å²) in [5.41, 5.74) is 14.7. The fourth-order valence-corrected chi connectivity index (χ4v) is 2.80. The lowest BCUT2D eigenvalue weighted by Gasteiger charge is -2.17. The highest BCUT2D eigenvalue weighted by Crippen LogP contribution is 2.31. The van der Waals surface area contributed by atoms with E-state index in [0.29, 0.717) is 5.69 Å². The monoisotopic (exact) mass is 272 g/mol. The highest BCUT2D eigenvalue weighted by Gasteiger charge is 2.21. The van der Waals surface area contributed by atoms with Crippen LogP contribution in [0.4, 0.5) is 0 Å². The van der Waals surface area contributed by atoms with Gasteiger partial charge in [-0.2, -0.15) is 4.99 Å². The van der Waals surface area contributed by atoms with E-state index in [4.69, 9.17) is 11.5 Å². The van der Waals surface area contributed by atoms with Crippen LogP contribution < -0.4 is 11.5 Å². The Morgan fingerprint density at radius 2 is 2.10 bits per heavy atom. The smallest absolute Gasteiger partial charge is 0.296 e. The molecule has 2 aromatic rings. The predicted octanol–water partition coefficient (Wildman–Crippen LogP) is 1.95. The zero-order valence-electron chi connectivity index (χ0n) is 10.8. The van der Waals surface area contributed by atoms with Gasteiger partial charge in [0.05, 0.1) is 5.52 Å². The molecule has 0 atom stereocenters. The molecule has 0 spiro atoms. The topological polar surface area (TPSA) is 86.4 Å². The number of guanidine groups is 1. The third-order valence-electron chi connectivity index (χ3n) is 3.64. The molecular weight excluding hydrogens is 252 g/mol. The maximum absolute atomic E-state index is 12.1. The number of hydrogen-bond donors (Lipinski definition) is 2. The number of nitrogens with two attached hydrogens (primary N) is 2. The molecule has 1 aliphatic heterocycles. The molecule has 5 nitrogen and oxygen atoms in total. The van der Waals surface area contributed by atoms with Crippen LogP contribution in [0.3, 0.4) is 0 Å². The lowest BCUT2D eigenvalue weighted by molar-refractivity contribution is 0.0994. The average Bonchev–Trinajstić information content (AvgIpc) is 2.75. The summed E-state index contributed by atoms with van der Waals surface area (Å²) in [6.07, 6.45) is 2.08. The summed E-state index contributed by atoms with van der Waals surface area (Å²) < 4.78 is 2.04. The van der Waals surface area contributed by atoms with Crippen LogP contribution in [0.2, 0.25) is 0 Å². The van der Waals surface area contributed by atoms with Crippen molar-refractivity contribution in [2.24, 2.45) is 16.5 Å². The van der Waals surface area contributed by atoms with Crippen LogP contribution in [0.15, 0.2) is 23.2 Å². The number of amides is 1. The standard InChI is InChI=1S/C14H16N4O.CH4/c1-8-4-5-9-3-2-6-18-11(7-10(8)12(9)18)13(19)17-14(15)16;/h4-5,7H,2-3,6H2,1H3,(H4,15,16,17,19);1H4. The maximum Gasteiger partial charge on any atom is 0.296 e. The van der Waals surface area contributed by atoms with Crippen LogP contribution in [0.25, 0.3) is 10.9 Å². The van der Waals surface area contributed by atoms with E-state index in [2.05, 4.69) is 17.1 Å². The Hall–Kier alpha value is -2.30. The summed E-state index contributed by atoms with van der Waals surface area (Å²) in [6.45, 7) is 2.88. The van der Waals surface area contributed by atoms with Crippen molar-refractivity contribution >= 4 is 22.8 Å². The number of carbonyl (C=O) groups excluding carboxylic acids is 1. The van der Waals surface area contributed by atoms with Crippen LogP contribution in [0.1, 0.15) is 35.5 Å². The minimum absolute atomic E-state index is 0. The van der Waals surface area contributed by atoms with E-state index in [1.54, 1.807) is 0 Å². The van der Waals surface area contributed by atoms with Gasteiger partial charge < -0.3 is 16.0 Å². The van der Waals surface area contributed by atoms with Crippen molar-refractivity contribution in [3.05, 3.63) is 35.0 Å². The Labute approximate surface area is 118 Å². The number of carbonyl (C=O) groups is 1. The van der Waals surface area contributed by atoms with E-state index in [9.17, 15) is 4.79 Å². The highest BCUT2D eigenvalue weighted by molar-refractivity contribution is 6.05. The van der Waals surface area contributed by atoms with E-state index < -0.39 is 0 Å². The van der Waals surface area contributed by atoms with E-state index in [0.717, 1.165) is 35.9 Å². The van der Waals surface area contributed by atoms with Gasteiger partial charge in [0.1, 0.15) is 5.69 Å². The predicted molar refractivity (Wildman–Crippen MR) is 81.9 cm³/mol. The summed E-state index contributed by atoms with van der Waals surface area (Å²) in [7, 11) is 0. The van der Waals surface area contributed by atoms with Crippen molar-refractivity contribution in [1.29, 1.82) is 0 Å². The van der Waals surface area contributed by atoms with Crippen LogP contribution >= 0.6 is 0 Å². The fraction of sp³-hybridized carbons (Fsp3) is 0.333. The summed E-state index contributed by atoms with van der Waals surface area (Å²) >= 11 is 0. The molecule has 3 rings (SSSR count). The van der Waals surface area contributed by atoms with Gasteiger partial charge in [-0.05, 0) is 37.0 Å². The summed E-state index contributed by atoms with van der Waals surface area (Å²) in [5, 5.41) is 1.12. The molecule has 1 aliphatic rings. The molecule has 0 bridgehead atoms. The maximum atomic E-state index is 12.1. The summed E-state index contributed by atoms with van der Waals surface area (Å²) in [4.78, 5) is 15.7. The summed E-state index contributed by atoms with van der Waals surface area (Å²) in [5.74, 6) is -0.570. The molecule has 0 unspecified atom stereocenters. The van der Waals surface area contributed by atoms with Gasteiger partial charge in [0.25, 0.3) is 5.91 Å². The van der Waals surface area contributed by atoms with Crippen molar-refractivity contribution in [3.63, 3.8) is 0 Å². The largest absolute Gasteiger partial charge is 0.370 e. The van der Waals surface area contributed by atoms with Crippen LogP contribution in [0, 0.1) is 6.92 Å². The van der Waals surface area contributed by atoms with Crippen molar-refractivity contribution < 1.29 is 4.79 Å². The van der Waals surface area contributed by atoms with Crippen molar-refractivity contribution in [1.82, 2.24) is 4.57 Å². The van der Waals surface area contributed by atoms with Gasteiger partial charge in [-0.3, -0.25) is 4.79 Å². The molecule has 20 heavy (non-hydrogen) atoms. The Kier molecular flexibility index (Phi) is 3.53. The molecule has 106 valence electrons. The molecule has 1 amide bonds. The molecule has 0 fully saturated rings. The van der Waals surface area contributed by atoms with Crippen LogP contribution in [-0.4, -0.2) is 16.4 Å². The molecule has 0 saturated heterocycles. The highest BCUT2D eigenvalue weighted by atomic mass is 16.1. The lowest BCUT2D eigenvalue weighted by Crippen LogP contribution is -2.25. The van der Waals surface area contributed by atoms with Crippen molar-refractivity contribution in [2.45, 2.75) is 33.7 Å². The number of rotatable bonds is 1. The van der Waals surface area contributed by atoms with Gasteiger partial charge >= 0.3 is 0 Å². The molecule has 5 heteroatoms. The zero-order valence-corrected chi connectivity index (χ0v) is 10.8. The van der Waals surface area contributed by atoms with Gasteiger partial charge in [-0.25, -0.2) is 0 Å². The van der Waals surface area contributed by atoms with Crippen molar-refractivity contribution in [2.75, 3.05) is 0 Å². The zero-order chi connectivity index (χ0) is 13.6. The van der Waals surface area contributed by atoms with Gasteiger partial charge in [0.15, 0.2) is 5.96 Å². The summed E-state index contributed by atoms with van der Waals surface area (Å²) in [6, 6.07) is 6.14. The van der Waals surface area contributed by atoms with Gasteiger partial charge in [0.2, 0.25) is 0 Å². The van der Waals surface area contributed by atoms with E-state index >= 15 is 0 Å². The number of benzene rings is 1. The van der Waals surface area contributed by atoms with E-state index in [1.807, 2.05) is 17.6 Å². The van der Waals surface area contributed by atoms with Crippen LogP contribution in [-0.2, 0) is 13.0 Å². The number of nitrogens with zero attached hydrogens (tertiary/aromatic N) is 2. The first-order valence-corrected chi connectivity index (χ1v) is 6.33. The normalized spacial score (nSPS) is 12.8. The van der Waals surface area contributed by atoms with Gasteiger partial charge in [-0.15, -0.1) is 0 Å². The number of aromatic nitrogens is 1. The average molecular weight is 272 g/mol. The van der Waals surface area contributed by atoms with Gasteiger partial charge in [-0.1, -0.05) is 19.6 Å². The van der Waals surface area contributed by atoms with Crippen LogP contribution in [0.5, 0.6) is 0 Å². The molecule has 4 N–H and O–H groups in total. The molecule has 2 heterocycles. The molecule has 0 aliphatic carbocycles. The molecule has 1 aromatic carbocycles. The lowest BCUT2D eigenvalue weighted by atomic mass is 10.0. The Morgan fingerprint density at radius 3 is 2.80 bits per heavy atom. The first-order valence-electron chi connectivity index (χ1n) is 6.33. The number of aryl methyl sites for hydroxylation is 3. The SMILES string of the molecule is C.Cc1ccc2c3c1cc(C(=O)N=C(N)N)n3CCC2. The molecule has 1 aromatic heterocycles. The molecule has 0 saturated carbocycles. The first kappa shape index (κ1) is 14.1. The Morgan fingerprint density at radius 1 is 1.35 bits per heavy atom. The third kappa shape index (κ3) is 2.05. The first-order chi connectivity index (χ1) is 9.08. The van der Waals surface area contributed by atoms with Gasteiger partial charge in [0, 0.05) is 11.9 Å². The Bertz CT molecular complexity index is 708. The second-order valence-corrected chi connectivity index (χ2v) is 4.93. The second kappa shape index (κ2) is 5.00.